The summed E-state index contributed by atoms with van der Waals surface area (Å²) in [6, 6.07) is 6.58. The molecule has 0 heterocycles. The Kier molecular flexibility index (Phi) is 5.98. The van der Waals surface area contributed by atoms with Crippen molar-refractivity contribution < 1.29 is 27.9 Å². The Morgan fingerprint density at radius 3 is 2.08 bits per heavy atom. The average Bonchev–Trinajstić information content (AvgIpc) is 2.54. The zero-order valence-corrected chi connectivity index (χ0v) is 14.9. The molecule has 0 bridgehead atoms. The van der Waals surface area contributed by atoms with Gasteiger partial charge in [0.15, 0.2) is 0 Å². The smallest absolute Gasteiger partial charge is 0.391 e. The summed E-state index contributed by atoms with van der Waals surface area (Å²) in [5, 5.41) is 12.0. The molecule has 1 fully saturated rings. The van der Waals surface area contributed by atoms with Crippen molar-refractivity contribution in [3.05, 3.63) is 29.8 Å². The summed E-state index contributed by atoms with van der Waals surface area (Å²) in [7, 11) is 0. The lowest BCUT2D eigenvalue weighted by atomic mass is 9.80. The largest absolute Gasteiger partial charge is 0.481 e. The SMILES string of the molecule is CC(C)(C(=O)O)c1ccc(NC(=O)CC2CCC(C(F)(F)F)CC2)cc1. The molecule has 26 heavy (non-hydrogen) atoms. The molecule has 1 saturated carbocycles. The van der Waals surface area contributed by atoms with Gasteiger partial charge in [0, 0.05) is 12.1 Å². The first kappa shape index (κ1) is 20.3. The quantitative estimate of drug-likeness (QED) is 0.785. The maximum Gasteiger partial charge on any atom is 0.391 e. The monoisotopic (exact) mass is 371 g/mol. The van der Waals surface area contributed by atoms with E-state index in [1.165, 1.54) is 0 Å². The minimum Gasteiger partial charge on any atom is -0.481 e. The third-order valence-corrected chi connectivity index (χ3v) is 5.21. The second kappa shape index (κ2) is 7.68. The second-order valence-electron chi connectivity index (χ2n) is 7.52. The van der Waals surface area contributed by atoms with Crippen molar-refractivity contribution in [2.24, 2.45) is 11.8 Å². The zero-order valence-electron chi connectivity index (χ0n) is 14.9. The summed E-state index contributed by atoms with van der Waals surface area (Å²) in [6.45, 7) is 3.19. The Labute approximate surface area is 150 Å². The van der Waals surface area contributed by atoms with Gasteiger partial charge in [0.1, 0.15) is 0 Å². The first-order chi connectivity index (χ1) is 12.0. The van der Waals surface area contributed by atoms with Crippen molar-refractivity contribution in [2.75, 3.05) is 5.32 Å². The average molecular weight is 371 g/mol. The molecular formula is C19H24F3NO3. The minimum absolute atomic E-state index is 0.0289. The zero-order chi connectivity index (χ0) is 19.5. The van der Waals surface area contributed by atoms with E-state index in [0.717, 1.165) is 0 Å². The predicted molar refractivity (Wildman–Crippen MR) is 91.9 cm³/mol. The number of hydrogen-bond acceptors (Lipinski definition) is 2. The molecule has 1 aliphatic carbocycles. The molecule has 0 saturated heterocycles. The van der Waals surface area contributed by atoms with Gasteiger partial charge in [0.05, 0.1) is 11.3 Å². The molecule has 144 valence electrons. The van der Waals surface area contributed by atoms with E-state index in [2.05, 4.69) is 5.32 Å². The van der Waals surface area contributed by atoms with E-state index >= 15 is 0 Å². The molecule has 2 N–H and O–H groups in total. The number of nitrogens with one attached hydrogen (secondary N) is 1. The number of aliphatic carboxylic acids is 1. The van der Waals surface area contributed by atoms with Gasteiger partial charge < -0.3 is 10.4 Å². The summed E-state index contributed by atoms with van der Waals surface area (Å²) in [5.74, 6) is -2.44. The Morgan fingerprint density at radius 1 is 1.08 bits per heavy atom. The number of carboxylic acids is 1. The lowest BCUT2D eigenvalue weighted by molar-refractivity contribution is -0.184. The maximum absolute atomic E-state index is 12.7. The molecule has 4 nitrogen and oxygen atoms in total. The van der Waals surface area contributed by atoms with Crippen molar-refractivity contribution in [1.82, 2.24) is 0 Å². The Morgan fingerprint density at radius 2 is 1.62 bits per heavy atom. The van der Waals surface area contributed by atoms with Crippen LogP contribution in [0.2, 0.25) is 0 Å². The number of anilines is 1. The number of carboxylic acid groups (broad SMARTS) is 1. The van der Waals surface area contributed by atoms with E-state index in [4.69, 9.17) is 0 Å². The summed E-state index contributed by atoms with van der Waals surface area (Å²) in [4.78, 5) is 23.4. The van der Waals surface area contributed by atoms with Gasteiger partial charge in [-0.2, -0.15) is 13.2 Å². The van der Waals surface area contributed by atoms with Gasteiger partial charge in [0.25, 0.3) is 0 Å². The normalized spacial score (nSPS) is 21.3. The number of carbonyl (C=O) groups is 2. The molecular weight excluding hydrogens is 347 g/mol. The fourth-order valence-corrected chi connectivity index (χ4v) is 3.26. The van der Waals surface area contributed by atoms with Crippen molar-refractivity contribution in [3.8, 4) is 0 Å². The molecule has 1 aromatic carbocycles. The van der Waals surface area contributed by atoms with E-state index in [1.807, 2.05) is 0 Å². The molecule has 0 atom stereocenters. The number of benzene rings is 1. The highest BCUT2D eigenvalue weighted by Gasteiger charge is 2.41. The van der Waals surface area contributed by atoms with Crippen LogP contribution in [0.25, 0.3) is 0 Å². The van der Waals surface area contributed by atoms with Crippen LogP contribution >= 0.6 is 0 Å². The van der Waals surface area contributed by atoms with E-state index in [-0.39, 0.29) is 31.1 Å². The third-order valence-electron chi connectivity index (χ3n) is 5.21. The summed E-state index contributed by atoms with van der Waals surface area (Å²) in [5.41, 5.74) is 0.136. The first-order valence-electron chi connectivity index (χ1n) is 8.70. The van der Waals surface area contributed by atoms with E-state index < -0.39 is 23.5 Å². The number of rotatable bonds is 5. The van der Waals surface area contributed by atoms with Gasteiger partial charge in [-0.3, -0.25) is 9.59 Å². The van der Waals surface area contributed by atoms with Gasteiger partial charge in [-0.15, -0.1) is 0 Å². The maximum atomic E-state index is 12.7. The van der Waals surface area contributed by atoms with Gasteiger partial charge in [-0.25, -0.2) is 0 Å². The van der Waals surface area contributed by atoms with Crippen LogP contribution in [-0.4, -0.2) is 23.2 Å². The topological polar surface area (TPSA) is 66.4 Å². The van der Waals surface area contributed by atoms with E-state index in [1.54, 1.807) is 38.1 Å². The van der Waals surface area contributed by atoms with Crippen LogP contribution < -0.4 is 5.32 Å². The number of carbonyl (C=O) groups excluding carboxylic acids is 1. The van der Waals surface area contributed by atoms with E-state index in [9.17, 15) is 27.9 Å². The van der Waals surface area contributed by atoms with Crippen LogP contribution in [0.1, 0.15) is 51.5 Å². The lowest BCUT2D eigenvalue weighted by Gasteiger charge is -2.29. The molecule has 0 unspecified atom stereocenters. The van der Waals surface area contributed by atoms with Gasteiger partial charge in [-0.1, -0.05) is 12.1 Å². The standard InChI is InChI=1S/C19H24F3NO3/c1-18(2,17(25)26)13-7-9-15(10-8-13)23-16(24)11-12-3-5-14(6-4-12)19(20,21)22/h7-10,12,14H,3-6,11H2,1-2H3,(H,23,24)(H,25,26). The van der Waals surface area contributed by atoms with Gasteiger partial charge in [0.2, 0.25) is 5.91 Å². The first-order valence-corrected chi connectivity index (χ1v) is 8.70. The number of alkyl halides is 3. The molecule has 2 rings (SSSR count). The highest BCUT2D eigenvalue weighted by atomic mass is 19.4. The number of hydrogen-bond donors (Lipinski definition) is 2. The van der Waals surface area contributed by atoms with Crippen molar-refractivity contribution >= 4 is 17.6 Å². The predicted octanol–water partition coefficient (Wildman–Crippen LogP) is 4.75. The highest BCUT2D eigenvalue weighted by molar-refractivity contribution is 5.91. The fraction of sp³-hybridized carbons (Fsp3) is 0.579. The summed E-state index contributed by atoms with van der Waals surface area (Å²) in [6.07, 6.45) is -2.96. The van der Waals surface area contributed by atoms with Crippen molar-refractivity contribution in [1.29, 1.82) is 0 Å². The van der Waals surface area contributed by atoms with Crippen LogP contribution in [0.5, 0.6) is 0 Å². The van der Waals surface area contributed by atoms with Gasteiger partial charge in [-0.05, 0) is 63.1 Å². The van der Waals surface area contributed by atoms with Crippen molar-refractivity contribution in [3.63, 3.8) is 0 Å². The molecule has 0 spiro atoms. The number of amides is 1. The number of halogens is 3. The summed E-state index contributed by atoms with van der Waals surface area (Å²) >= 11 is 0. The molecule has 0 radical (unpaired) electrons. The van der Waals surface area contributed by atoms with Crippen LogP contribution in [0.4, 0.5) is 18.9 Å². The van der Waals surface area contributed by atoms with Crippen LogP contribution in [-0.2, 0) is 15.0 Å². The second-order valence-corrected chi connectivity index (χ2v) is 7.52. The Bertz CT molecular complexity index is 645. The molecule has 1 amide bonds. The fourth-order valence-electron chi connectivity index (χ4n) is 3.26. The molecule has 1 aliphatic rings. The van der Waals surface area contributed by atoms with Crippen LogP contribution in [0, 0.1) is 11.8 Å². The third kappa shape index (κ3) is 4.99. The minimum atomic E-state index is -4.14. The van der Waals surface area contributed by atoms with Crippen LogP contribution in [0.15, 0.2) is 24.3 Å². The molecule has 7 heteroatoms. The lowest BCUT2D eigenvalue weighted by Crippen LogP contribution is -2.29. The molecule has 0 aliphatic heterocycles. The van der Waals surface area contributed by atoms with Crippen molar-refractivity contribution in [2.45, 2.75) is 57.5 Å². The molecule has 0 aromatic heterocycles. The summed E-state index contributed by atoms with van der Waals surface area (Å²) < 4.78 is 38.0. The van der Waals surface area contributed by atoms with Crippen LogP contribution in [0.3, 0.4) is 0 Å². The Hall–Kier alpha value is -2.05. The molecule has 1 aromatic rings. The van der Waals surface area contributed by atoms with Gasteiger partial charge >= 0.3 is 12.1 Å². The van der Waals surface area contributed by atoms with E-state index in [0.29, 0.717) is 24.1 Å². The highest BCUT2D eigenvalue weighted by Crippen LogP contribution is 2.40. The Balaban J connectivity index is 1.86.